The molecule has 0 saturated heterocycles. The number of sulfonamides is 1. The standard InChI is InChI=1S/C25H17NO4S/c1-15-10-12-17(13-11-15)31(29,30)26-23-18-7-3-2-6-16(18)14-21-22(23)25(28)20-9-5-4-8-19(20)24(21)27/h2-14,26H,1H3. The highest BCUT2D eigenvalue weighted by Gasteiger charge is 2.34. The van der Waals surface area contributed by atoms with Gasteiger partial charge in [0, 0.05) is 22.1 Å². The minimum atomic E-state index is -3.99. The van der Waals surface area contributed by atoms with Crippen molar-refractivity contribution < 1.29 is 18.0 Å². The van der Waals surface area contributed by atoms with Gasteiger partial charge in [0.15, 0.2) is 11.6 Å². The maximum Gasteiger partial charge on any atom is 0.261 e. The van der Waals surface area contributed by atoms with Gasteiger partial charge in [0.25, 0.3) is 10.0 Å². The molecule has 152 valence electrons. The molecule has 31 heavy (non-hydrogen) atoms. The number of anilines is 1. The Kier molecular flexibility index (Phi) is 4.27. The number of rotatable bonds is 3. The first kappa shape index (κ1) is 19.2. The molecule has 1 aliphatic rings. The number of fused-ring (bicyclic) bond motifs is 3. The smallest absolute Gasteiger partial charge is 0.261 e. The predicted molar refractivity (Wildman–Crippen MR) is 119 cm³/mol. The first-order valence-electron chi connectivity index (χ1n) is 9.70. The Hall–Kier alpha value is -3.77. The van der Waals surface area contributed by atoms with Crippen LogP contribution < -0.4 is 4.72 Å². The van der Waals surface area contributed by atoms with Crippen molar-refractivity contribution in [2.75, 3.05) is 4.72 Å². The van der Waals surface area contributed by atoms with Crippen molar-refractivity contribution in [1.82, 2.24) is 0 Å². The van der Waals surface area contributed by atoms with Crippen molar-refractivity contribution in [2.24, 2.45) is 0 Å². The summed E-state index contributed by atoms with van der Waals surface area (Å²) in [5, 5.41) is 1.22. The van der Waals surface area contributed by atoms with Gasteiger partial charge in [-0.2, -0.15) is 0 Å². The highest BCUT2D eigenvalue weighted by molar-refractivity contribution is 7.92. The summed E-state index contributed by atoms with van der Waals surface area (Å²) in [6, 6.07) is 21.8. The van der Waals surface area contributed by atoms with E-state index in [-0.39, 0.29) is 38.8 Å². The third-order valence-corrected chi connectivity index (χ3v) is 6.87. The van der Waals surface area contributed by atoms with Gasteiger partial charge >= 0.3 is 0 Å². The van der Waals surface area contributed by atoms with Crippen molar-refractivity contribution in [3.63, 3.8) is 0 Å². The Morgan fingerprint density at radius 3 is 2.03 bits per heavy atom. The van der Waals surface area contributed by atoms with E-state index in [9.17, 15) is 18.0 Å². The molecule has 0 unspecified atom stereocenters. The van der Waals surface area contributed by atoms with E-state index in [1.54, 1.807) is 66.7 Å². The summed E-state index contributed by atoms with van der Waals surface area (Å²) >= 11 is 0. The summed E-state index contributed by atoms with van der Waals surface area (Å²) in [5.41, 5.74) is 1.93. The molecule has 1 aliphatic carbocycles. The lowest BCUT2D eigenvalue weighted by atomic mass is 9.82. The number of hydrogen-bond donors (Lipinski definition) is 1. The Balaban J connectivity index is 1.78. The van der Waals surface area contributed by atoms with Crippen LogP contribution in [0.1, 0.15) is 37.4 Å². The summed E-state index contributed by atoms with van der Waals surface area (Å²) < 4.78 is 28.9. The van der Waals surface area contributed by atoms with Crippen LogP contribution in [0.2, 0.25) is 0 Å². The van der Waals surface area contributed by atoms with Gasteiger partial charge < -0.3 is 0 Å². The van der Waals surface area contributed by atoms with Crippen molar-refractivity contribution in [2.45, 2.75) is 11.8 Å². The first-order chi connectivity index (χ1) is 14.9. The zero-order chi connectivity index (χ0) is 21.8. The third-order valence-electron chi connectivity index (χ3n) is 5.51. The lowest BCUT2D eigenvalue weighted by Gasteiger charge is -2.22. The molecule has 5 rings (SSSR count). The number of carbonyl (C=O) groups excluding carboxylic acids is 2. The molecule has 0 spiro atoms. The quantitative estimate of drug-likeness (QED) is 0.452. The lowest BCUT2D eigenvalue weighted by molar-refractivity contribution is 0.0980. The number of aryl methyl sites for hydroxylation is 1. The van der Waals surface area contributed by atoms with Gasteiger partial charge in [-0.05, 0) is 30.5 Å². The van der Waals surface area contributed by atoms with Crippen LogP contribution in [-0.2, 0) is 10.0 Å². The molecule has 0 atom stereocenters. The minimum Gasteiger partial charge on any atom is -0.289 e. The number of carbonyl (C=O) groups is 2. The molecule has 0 aliphatic heterocycles. The van der Waals surface area contributed by atoms with E-state index in [0.717, 1.165) is 5.56 Å². The summed E-state index contributed by atoms with van der Waals surface area (Å²) in [7, 11) is -3.99. The molecule has 1 N–H and O–H groups in total. The van der Waals surface area contributed by atoms with Crippen LogP contribution in [-0.4, -0.2) is 20.0 Å². The van der Waals surface area contributed by atoms with Gasteiger partial charge in [-0.1, -0.05) is 66.2 Å². The van der Waals surface area contributed by atoms with Crippen molar-refractivity contribution >= 4 is 38.0 Å². The monoisotopic (exact) mass is 427 g/mol. The van der Waals surface area contributed by atoms with Crippen molar-refractivity contribution in [3.05, 3.63) is 107 Å². The summed E-state index contributed by atoms with van der Waals surface area (Å²) in [6.45, 7) is 1.87. The Labute approximate surface area is 179 Å². The fourth-order valence-corrected chi connectivity index (χ4v) is 5.03. The fraction of sp³-hybridized carbons (Fsp3) is 0.0400. The minimum absolute atomic E-state index is 0.0785. The highest BCUT2D eigenvalue weighted by Crippen LogP contribution is 2.38. The van der Waals surface area contributed by atoms with Gasteiger partial charge in [0.05, 0.1) is 16.1 Å². The molecule has 4 aromatic rings. The van der Waals surface area contributed by atoms with Gasteiger partial charge in [-0.15, -0.1) is 0 Å². The van der Waals surface area contributed by atoms with E-state index < -0.39 is 10.0 Å². The third kappa shape index (κ3) is 3.04. The SMILES string of the molecule is Cc1ccc(S(=O)(=O)Nc2c3c(cc4ccccc24)C(=O)c2ccccc2C3=O)cc1. The van der Waals surface area contributed by atoms with Crippen molar-refractivity contribution in [3.8, 4) is 0 Å². The molecule has 0 aromatic heterocycles. The number of benzene rings is 4. The Morgan fingerprint density at radius 1 is 0.710 bits per heavy atom. The molecule has 0 bridgehead atoms. The van der Waals surface area contributed by atoms with Crippen LogP contribution in [0.25, 0.3) is 10.8 Å². The molecule has 0 amide bonds. The van der Waals surface area contributed by atoms with E-state index >= 15 is 0 Å². The van der Waals surface area contributed by atoms with Gasteiger partial charge in [-0.3, -0.25) is 14.3 Å². The maximum atomic E-state index is 13.4. The predicted octanol–water partition coefficient (Wildman–Crippen LogP) is 4.72. The molecular formula is C25H17NO4S. The average Bonchev–Trinajstić information content (AvgIpc) is 2.77. The van der Waals surface area contributed by atoms with E-state index in [1.165, 1.54) is 12.1 Å². The maximum absolute atomic E-state index is 13.4. The first-order valence-corrected chi connectivity index (χ1v) is 11.2. The molecular weight excluding hydrogens is 410 g/mol. The molecule has 0 radical (unpaired) electrons. The van der Waals surface area contributed by atoms with E-state index in [1.807, 2.05) is 6.92 Å². The fourth-order valence-electron chi connectivity index (χ4n) is 3.94. The second-order valence-electron chi connectivity index (χ2n) is 7.52. The lowest BCUT2D eigenvalue weighted by Crippen LogP contribution is -2.24. The zero-order valence-corrected chi connectivity index (χ0v) is 17.4. The second kappa shape index (κ2) is 6.89. The Morgan fingerprint density at radius 2 is 1.32 bits per heavy atom. The van der Waals surface area contributed by atoms with Gasteiger partial charge in [0.2, 0.25) is 0 Å². The van der Waals surface area contributed by atoms with Crippen LogP contribution in [0, 0.1) is 6.92 Å². The van der Waals surface area contributed by atoms with E-state index in [0.29, 0.717) is 16.3 Å². The number of nitrogens with one attached hydrogen (secondary N) is 1. The molecule has 4 aromatic carbocycles. The molecule has 0 saturated carbocycles. The highest BCUT2D eigenvalue weighted by atomic mass is 32.2. The molecule has 0 fully saturated rings. The van der Waals surface area contributed by atoms with Crippen LogP contribution in [0.4, 0.5) is 5.69 Å². The summed E-state index contributed by atoms with van der Waals surface area (Å²) in [4.78, 5) is 26.7. The second-order valence-corrected chi connectivity index (χ2v) is 9.20. The van der Waals surface area contributed by atoms with Gasteiger partial charge in [-0.25, -0.2) is 8.42 Å². The van der Waals surface area contributed by atoms with Gasteiger partial charge in [0.1, 0.15) is 0 Å². The number of ketones is 2. The normalized spacial score (nSPS) is 13.1. The van der Waals surface area contributed by atoms with E-state index in [2.05, 4.69) is 4.72 Å². The molecule has 5 nitrogen and oxygen atoms in total. The van der Waals surface area contributed by atoms with Crippen LogP contribution in [0.15, 0.2) is 83.8 Å². The topological polar surface area (TPSA) is 80.3 Å². The Bertz CT molecular complexity index is 1500. The van der Waals surface area contributed by atoms with Crippen LogP contribution >= 0.6 is 0 Å². The average molecular weight is 427 g/mol. The number of hydrogen-bond acceptors (Lipinski definition) is 4. The zero-order valence-electron chi connectivity index (χ0n) is 16.5. The molecule has 0 heterocycles. The summed E-state index contributed by atoms with van der Waals surface area (Å²) in [5.74, 6) is -0.677. The molecule has 6 heteroatoms. The van der Waals surface area contributed by atoms with Crippen LogP contribution in [0.5, 0.6) is 0 Å². The largest absolute Gasteiger partial charge is 0.289 e. The van der Waals surface area contributed by atoms with E-state index in [4.69, 9.17) is 0 Å². The van der Waals surface area contributed by atoms with Crippen LogP contribution in [0.3, 0.4) is 0 Å². The van der Waals surface area contributed by atoms with Crippen molar-refractivity contribution in [1.29, 1.82) is 0 Å². The summed E-state index contributed by atoms with van der Waals surface area (Å²) in [6.07, 6.45) is 0.